The molecule has 2 rings (SSSR count). The normalized spacial score (nSPS) is 14.4. The van der Waals surface area contributed by atoms with E-state index in [-0.39, 0.29) is 23.9 Å². The highest BCUT2D eigenvalue weighted by Crippen LogP contribution is 2.26. The molecule has 0 saturated heterocycles. The van der Waals surface area contributed by atoms with E-state index in [4.69, 9.17) is 15.0 Å². The van der Waals surface area contributed by atoms with Gasteiger partial charge in [0, 0.05) is 7.11 Å². The van der Waals surface area contributed by atoms with E-state index >= 15 is 0 Å². The highest BCUT2D eigenvalue weighted by atomic mass is 19.1. The van der Waals surface area contributed by atoms with Crippen molar-refractivity contribution in [1.82, 2.24) is 10.1 Å². The zero-order valence-corrected chi connectivity index (χ0v) is 10.5. The number of aromatic nitrogens is 2. The third kappa shape index (κ3) is 2.61. The average Bonchev–Trinajstić information content (AvgIpc) is 2.78. The third-order valence-corrected chi connectivity index (χ3v) is 2.56. The molecule has 0 radical (unpaired) electrons. The first-order valence-corrected chi connectivity index (χ1v) is 5.52. The van der Waals surface area contributed by atoms with Crippen LogP contribution < -0.4 is 5.73 Å². The minimum Gasteiger partial charge on any atom is -0.382 e. The van der Waals surface area contributed by atoms with Gasteiger partial charge in [-0.1, -0.05) is 11.2 Å². The molecule has 0 aliphatic heterocycles. The second-order valence-electron chi connectivity index (χ2n) is 4.37. The summed E-state index contributed by atoms with van der Waals surface area (Å²) in [6.45, 7) is 1.77. The molecule has 1 atom stereocenters. The standard InChI is InChI=1S/C12H13F2N3O2/c1-12(15,6-18-2)11-16-10(19-17-11)9-7(13)4-3-5-8(9)14/h3-5H,6,15H2,1-2H3. The fourth-order valence-corrected chi connectivity index (χ4v) is 1.62. The molecule has 0 spiro atoms. The maximum atomic E-state index is 13.6. The lowest BCUT2D eigenvalue weighted by molar-refractivity contribution is 0.135. The van der Waals surface area contributed by atoms with E-state index in [2.05, 4.69) is 10.1 Å². The van der Waals surface area contributed by atoms with Gasteiger partial charge >= 0.3 is 0 Å². The van der Waals surface area contributed by atoms with E-state index < -0.39 is 17.2 Å². The molecule has 2 N–H and O–H groups in total. The number of benzene rings is 1. The minimum atomic E-state index is -1.00. The Morgan fingerprint density at radius 2 is 2.00 bits per heavy atom. The van der Waals surface area contributed by atoms with E-state index in [1.807, 2.05) is 0 Å². The molecule has 1 aromatic heterocycles. The zero-order chi connectivity index (χ0) is 14.0. The van der Waals surface area contributed by atoms with Crippen molar-refractivity contribution in [1.29, 1.82) is 0 Å². The molecule has 0 bridgehead atoms. The molecular weight excluding hydrogens is 256 g/mol. The number of nitrogens with zero attached hydrogens (tertiary/aromatic N) is 2. The highest BCUT2D eigenvalue weighted by Gasteiger charge is 2.29. The van der Waals surface area contributed by atoms with Gasteiger partial charge in [-0.2, -0.15) is 4.98 Å². The van der Waals surface area contributed by atoms with Gasteiger partial charge in [0.05, 0.1) is 6.61 Å². The largest absolute Gasteiger partial charge is 0.382 e. The van der Waals surface area contributed by atoms with Crippen LogP contribution in [0.15, 0.2) is 22.7 Å². The van der Waals surface area contributed by atoms with Crippen LogP contribution in [0.5, 0.6) is 0 Å². The summed E-state index contributed by atoms with van der Waals surface area (Å²) in [5.74, 6) is -1.69. The SMILES string of the molecule is COCC(C)(N)c1noc(-c2c(F)cccc2F)n1. The van der Waals surface area contributed by atoms with Gasteiger partial charge in [-0.05, 0) is 19.1 Å². The van der Waals surface area contributed by atoms with Crippen molar-refractivity contribution >= 4 is 0 Å². The zero-order valence-electron chi connectivity index (χ0n) is 10.5. The predicted molar refractivity (Wildman–Crippen MR) is 63.1 cm³/mol. The highest BCUT2D eigenvalue weighted by molar-refractivity contribution is 5.54. The Morgan fingerprint density at radius 1 is 1.37 bits per heavy atom. The van der Waals surface area contributed by atoms with Gasteiger partial charge in [0.2, 0.25) is 0 Å². The van der Waals surface area contributed by atoms with Crippen LogP contribution >= 0.6 is 0 Å². The maximum Gasteiger partial charge on any atom is 0.263 e. The number of methoxy groups -OCH3 is 1. The fourth-order valence-electron chi connectivity index (χ4n) is 1.62. The van der Waals surface area contributed by atoms with Gasteiger partial charge in [0.25, 0.3) is 5.89 Å². The Bertz CT molecular complexity index is 564. The van der Waals surface area contributed by atoms with E-state index in [0.29, 0.717) is 0 Å². The first-order valence-electron chi connectivity index (χ1n) is 5.52. The van der Waals surface area contributed by atoms with Gasteiger partial charge in [-0.25, -0.2) is 8.78 Å². The first-order chi connectivity index (χ1) is 8.95. The molecule has 1 unspecified atom stereocenters. The van der Waals surface area contributed by atoms with E-state index in [1.54, 1.807) is 6.92 Å². The number of halogens is 2. The van der Waals surface area contributed by atoms with Gasteiger partial charge in [-0.15, -0.1) is 0 Å². The van der Waals surface area contributed by atoms with Crippen molar-refractivity contribution < 1.29 is 18.0 Å². The summed E-state index contributed by atoms with van der Waals surface area (Å²) in [5, 5.41) is 3.64. The summed E-state index contributed by atoms with van der Waals surface area (Å²) >= 11 is 0. The minimum absolute atomic E-state index is 0.118. The Labute approximate surface area is 108 Å². The summed E-state index contributed by atoms with van der Waals surface area (Å²) in [4.78, 5) is 3.93. The summed E-state index contributed by atoms with van der Waals surface area (Å²) in [7, 11) is 1.47. The lowest BCUT2D eigenvalue weighted by Crippen LogP contribution is -2.38. The number of nitrogens with two attached hydrogens (primary N) is 1. The van der Waals surface area contributed by atoms with Gasteiger partial charge in [0.15, 0.2) is 5.82 Å². The van der Waals surface area contributed by atoms with Gasteiger partial charge in [0.1, 0.15) is 22.7 Å². The molecule has 7 heteroatoms. The molecule has 5 nitrogen and oxygen atoms in total. The first kappa shape index (κ1) is 13.6. The molecule has 0 amide bonds. The Hall–Kier alpha value is -1.86. The smallest absolute Gasteiger partial charge is 0.263 e. The van der Waals surface area contributed by atoms with Crippen molar-refractivity contribution in [3.05, 3.63) is 35.7 Å². The number of rotatable bonds is 4. The van der Waals surface area contributed by atoms with Gasteiger partial charge in [-0.3, -0.25) is 0 Å². The predicted octanol–water partition coefficient (Wildman–Crippen LogP) is 1.84. The van der Waals surface area contributed by atoms with Crippen molar-refractivity contribution in [2.75, 3.05) is 13.7 Å². The van der Waals surface area contributed by atoms with Crippen molar-refractivity contribution in [3.63, 3.8) is 0 Å². The molecule has 102 valence electrons. The quantitative estimate of drug-likeness (QED) is 0.916. The fraction of sp³-hybridized carbons (Fsp3) is 0.333. The van der Waals surface area contributed by atoms with Gasteiger partial charge < -0.3 is 15.0 Å². The second-order valence-corrected chi connectivity index (χ2v) is 4.37. The maximum absolute atomic E-state index is 13.6. The third-order valence-electron chi connectivity index (χ3n) is 2.56. The average molecular weight is 269 g/mol. The van der Waals surface area contributed by atoms with E-state index in [0.717, 1.165) is 12.1 Å². The molecule has 0 aliphatic carbocycles. The topological polar surface area (TPSA) is 74.2 Å². The molecule has 1 heterocycles. The van der Waals surface area contributed by atoms with Crippen molar-refractivity contribution in [2.24, 2.45) is 5.73 Å². The number of ether oxygens (including phenoxy) is 1. The summed E-state index contributed by atoms with van der Waals surface area (Å²) in [6.07, 6.45) is 0. The lowest BCUT2D eigenvalue weighted by atomic mass is 10.1. The van der Waals surface area contributed by atoms with Crippen LogP contribution in [-0.4, -0.2) is 23.9 Å². The number of hydrogen-bond donors (Lipinski definition) is 1. The molecule has 1 aromatic carbocycles. The summed E-state index contributed by atoms with van der Waals surface area (Å²) in [6, 6.07) is 3.47. The van der Waals surface area contributed by atoms with Crippen LogP contribution in [-0.2, 0) is 10.3 Å². The van der Waals surface area contributed by atoms with Crippen LogP contribution in [0.2, 0.25) is 0 Å². The lowest BCUT2D eigenvalue weighted by Gasteiger charge is -2.18. The van der Waals surface area contributed by atoms with Crippen molar-refractivity contribution in [2.45, 2.75) is 12.5 Å². The Kier molecular flexibility index (Phi) is 3.59. The van der Waals surface area contributed by atoms with Crippen molar-refractivity contribution in [3.8, 4) is 11.5 Å². The van der Waals surface area contributed by atoms with Crippen LogP contribution in [0.4, 0.5) is 8.78 Å². The van der Waals surface area contributed by atoms with Crippen LogP contribution in [0.25, 0.3) is 11.5 Å². The molecule has 0 aliphatic rings. The monoisotopic (exact) mass is 269 g/mol. The molecule has 0 fully saturated rings. The summed E-state index contributed by atoms with van der Waals surface area (Å²) in [5.41, 5.74) is 4.55. The van der Waals surface area contributed by atoms with Crippen LogP contribution in [0.3, 0.4) is 0 Å². The van der Waals surface area contributed by atoms with E-state index in [9.17, 15) is 8.78 Å². The molecule has 2 aromatic rings. The molecule has 19 heavy (non-hydrogen) atoms. The second kappa shape index (κ2) is 5.02. The number of hydrogen-bond acceptors (Lipinski definition) is 5. The molecule has 0 saturated carbocycles. The Morgan fingerprint density at radius 3 is 2.58 bits per heavy atom. The van der Waals surface area contributed by atoms with Crippen LogP contribution in [0.1, 0.15) is 12.7 Å². The van der Waals surface area contributed by atoms with Crippen LogP contribution in [0, 0.1) is 11.6 Å². The summed E-state index contributed by atoms with van der Waals surface area (Å²) < 4.78 is 36.9. The molecular formula is C12H13F2N3O2. The van der Waals surface area contributed by atoms with E-state index in [1.165, 1.54) is 13.2 Å². The Balaban J connectivity index is 2.42.